The summed E-state index contributed by atoms with van der Waals surface area (Å²) in [5.41, 5.74) is 0.845. The first-order valence-corrected chi connectivity index (χ1v) is 6.36. The van der Waals surface area contributed by atoms with E-state index in [2.05, 4.69) is 5.32 Å². The standard InChI is InChI=1S/C9H11NOS2/c1-7(11)10-8-3-5-9(6-4-8)13-12-2/h3-6H,1-2H3,(H,10,11). The monoisotopic (exact) mass is 213 g/mol. The van der Waals surface area contributed by atoms with Gasteiger partial charge in [0.05, 0.1) is 0 Å². The molecule has 0 bridgehead atoms. The first-order valence-electron chi connectivity index (χ1n) is 3.80. The van der Waals surface area contributed by atoms with Gasteiger partial charge in [0.25, 0.3) is 0 Å². The fraction of sp³-hybridized carbons (Fsp3) is 0.222. The highest BCUT2D eigenvalue weighted by atomic mass is 33.1. The number of anilines is 1. The van der Waals surface area contributed by atoms with Crippen LogP contribution in [-0.2, 0) is 4.79 Å². The summed E-state index contributed by atoms with van der Waals surface area (Å²) in [6.45, 7) is 1.50. The van der Waals surface area contributed by atoms with E-state index in [1.54, 1.807) is 21.6 Å². The molecule has 1 aromatic rings. The van der Waals surface area contributed by atoms with E-state index in [9.17, 15) is 4.79 Å². The maximum Gasteiger partial charge on any atom is 0.221 e. The summed E-state index contributed by atoms with van der Waals surface area (Å²) in [6, 6.07) is 7.79. The Balaban J connectivity index is 2.64. The lowest BCUT2D eigenvalue weighted by atomic mass is 10.3. The number of rotatable bonds is 3. The van der Waals surface area contributed by atoms with Crippen molar-refractivity contribution in [3.8, 4) is 0 Å². The zero-order chi connectivity index (χ0) is 9.68. The number of carbonyl (C=O) groups excluding carboxylic acids is 1. The van der Waals surface area contributed by atoms with Crippen LogP contribution in [0.4, 0.5) is 5.69 Å². The molecule has 13 heavy (non-hydrogen) atoms. The summed E-state index contributed by atoms with van der Waals surface area (Å²) >= 11 is 0. The molecule has 0 aliphatic carbocycles. The Morgan fingerprint density at radius 2 is 1.92 bits per heavy atom. The largest absolute Gasteiger partial charge is 0.326 e. The highest BCUT2D eigenvalue weighted by molar-refractivity contribution is 8.76. The molecule has 0 unspecified atom stereocenters. The van der Waals surface area contributed by atoms with E-state index in [-0.39, 0.29) is 5.91 Å². The summed E-state index contributed by atoms with van der Waals surface area (Å²) in [5.74, 6) is -0.0368. The number of nitrogens with one attached hydrogen (secondary N) is 1. The molecule has 1 rings (SSSR count). The summed E-state index contributed by atoms with van der Waals surface area (Å²) in [5, 5.41) is 2.72. The van der Waals surface area contributed by atoms with E-state index < -0.39 is 0 Å². The van der Waals surface area contributed by atoms with Gasteiger partial charge in [0.2, 0.25) is 5.91 Å². The number of hydrogen-bond donors (Lipinski definition) is 1. The maximum atomic E-state index is 10.7. The minimum absolute atomic E-state index is 0.0368. The number of amides is 1. The van der Waals surface area contributed by atoms with Gasteiger partial charge in [0, 0.05) is 17.5 Å². The van der Waals surface area contributed by atoms with Gasteiger partial charge in [-0.2, -0.15) is 0 Å². The van der Waals surface area contributed by atoms with Crippen molar-refractivity contribution in [2.24, 2.45) is 0 Å². The Kier molecular flexibility index (Phi) is 4.18. The van der Waals surface area contributed by atoms with E-state index in [1.165, 1.54) is 11.8 Å². The van der Waals surface area contributed by atoms with E-state index in [4.69, 9.17) is 0 Å². The smallest absolute Gasteiger partial charge is 0.221 e. The zero-order valence-corrected chi connectivity index (χ0v) is 9.17. The number of carbonyl (C=O) groups is 1. The van der Waals surface area contributed by atoms with Crippen LogP contribution in [-0.4, -0.2) is 12.2 Å². The van der Waals surface area contributed by atoms with Crippen molar-refractivity contribution in [3.05, 3.63) is 24.3 Å². The third-order valence-electron chi connectivity index (χ3n) is 1.35. The van der Waals surface area contributed by atoms with Crippen LogP contribution in [0.25, 0.3) is 0 Å². The van der Waals surface area contributed by atoms with Crippen LogP contribution >= 0.6 is 21.6 Å². The second-order valence-electron chi connectivity index (χ2n) is 2.46. The van der Waals surface area contributed by atoms with Crippen molar-refractivity contribution in [1.29, 1.82) is 0 Å². The van der Waals surface area contributed by atoms with Gasteiger partial charge >= 0.3 is 0 Å². The Hall–Kier alpha value is -0.610. The average Bonchev–Trinajstić information content (AvgIpc) is 2.08. The van der Waals surface area contributed by atoms with Gasteiger partial charge in [-0.25, -0.2) is 0 Å². The quantitative estimate of drug-likeness (QED) is 0.783. The maximum absolute atomic E-state index is 10.7. The first-order chi connectivity index (χ1) is 6.22. The Bertz CT molecular complexity index is 284. The highest BCUT2D eigenvalue weighted by Crippen LogP contribution is 2.28. The molecule has 0 aromatic heterocycles. The van der Waals surface area contributed by atoms with Gasteiger partial charge < -0.3 is 5.32 Å². The van der Waals surface area contributed by atoms with Crippen molar-refractivity contribution in [2.75, 3.05) is 11.6 Å². The molecule has 0 heterocycles. The zero-order valence-electron chi connectivity index (χ0n) is 7.53. The molecule has 2 nitrogen and oxygen atoms in total. The SMILES string of the molecule is CSSc1ccc(NC(C)=O)cc1. The molecule has 1 amide bonds. The fourth-order valence-corrected chi connectivity index (χ4v) is 2.24. The molecule has 0 aliphatic heterocycles. The van der Waals surface area contributed by atoms with Crippen LogP contribution in [0.3, 0.4) is 0 Å². The van der Waals surface area contributed by atoms with Crippen LogP contribution in [0.5, 0.6) is 0 Å². The second-order valence-corrected chi connectivity index (χ2v) is 4.93. The summed E-state index contributed by atoms with van der Waals surface area (Å²) in [4.78, 5) is 11.9. The molecule has 0 radical (unpaired) electrons. The van der Waals surface area contributed by atoms with Crippen LogP contribution in [0.15, 0.2) is 29.2 Å². The lowest BCUT2D eigenvalue weighted by molar-refractivity contribution is -0.114. The van der Waals surface area contributed by atoms with E-state index in [0.29, 0.717) is 0 Å². The van der Waals surface area contributed by atoms with E-state index >= 15 is 0 Å². The van der Waals surface area contributed by atoms with Crippen LogP contribution in [0.2, 0.25) is 0 Å². The van der Waals surface area contributed by atoms with Gasteiger partial charge in [-0.05, 0) is 30.5 Å². The predicted octanol–water partition coefficient (Wildman–Crippen LogP) is 3.02. The molecule has 0 aliphatic rings. The fourth-order valence-electron chi connectivity index (χ4n) is 0.893. The van der Waals surface area contributed by atoms with Crippen molar-refractivity contribution in [1.82, 2.24) is 0 Å². The Labute approximate surface area is 85.9 Å². The third-order valence-corrected chi connectivity index (χ3v) is 3.06. The van der Waals surface area contributed by atoms with Crippen molar-refractivity contribution >= 4 is 33.2 Å². The molecular weight excluding hydrogens is 202 g/mol. The minimum atomic E-state index is -0.0368. The molecule has 0 spiro atoms. The molecule has 1 N–H and O–H groups in total. The van der Waals surface area contributed by atoms with Crippen LogP contribution < -0.4 is 5.32 Å². The summed E-state index contributed by atoms with van der Waals surface area (Å²) in [6.07, 6.45) is 2.03. The van der Waals surface area contributed by atoms with Crippen molar-refractivity contribution in [3.63, 3.8) is 0 Å². The van der Waals surface area contributed by atoms with Gasteiger partial charge in [0.1, 0.15) is 0 Å². The average molecular weight is 213 g/mol. The molecule has 0 saturated heterocycles. The van der Waals surface area contributed by atoms with Crippen molar-refractivity contribution < 1.29 is 4.79 Å². The van der Waals surface area contributed by atoms with Crippen molar-refractivity contribution in [2.45, 2.75) is 11.8 Å². The normalized spacial score (nSPS) is 9.69. The molecular formula is C9H11NOS2. The molecule has 1 aromatic carbocycles. The molecule has 70 valence electrons. The van der Waals surface area contributed by atoms with Crippen LogP contribution in [0, 0.1) is 0 Å². The van der Waals surface area contributed by atoms with Gasteiger partial charge in [-0.1, -0.05) is 21.6 Å². The number of hydrogen-bond acceptors (Lipinski definition) is 3. The van der Waals surface area contributed by atoms with E-state index in [1.807, 2.05) is 30.5 Å². The summed E-state index contributed by atoms with van der Waals surface area (Å²) in [7, 11) is 3.41. The molecule has 0 atom stereocenters. The van der Waals surface area contributed by atoms with Gasteiger partial charge in [0.15, 0.2) is 0 Å². The molecule has 4 heteroatoms. The van der Waals surface area contributed by atoms with Crippen LogP contribution in [0.1, 0.15) is 6.92 Å². The van der Waals surface area contributed by atoms with Gasteiger partial charge in [-0.15, -0.1) is 0 Å². The lowest BCUT2D eigenvalue weighted by Gasteiger charge is -2.02. The molecule has 0 fully saturated rings. The predicted molar refractivity (Wildman–Crippen MR) is 60.1 cm³/mol. The highest BCUT2D eigenvalue weighted by Gasteiger charge is 1.95. The second kappa shape index (κ2) is 5.19. The Morgan fingerprint density at radius 3 is 2.38 bits per heavy atom. The Morgan fingerprint density at radius 1 is 1.31 bits per heavy atom. The van der Waals surface area contributed by atoms with Gasteiger partial charge in [-0.3, -0.25) is 4.79 Å². The third kappa shape index (κ3) is 3.74. The lowest BCUT2D eigenvalue weighted by Crippen LogP contribution is -2.05. The topological polar surface area (TPSA) is 29.1 Å². The summed E-state index contributed by atoms with van der Waals surface area (Å²) < 4.78 is 0. The number of benzene rings is 1. The first kappa shape index (κ1) is 10.5. The minimum Gasteiger partial charge on any atom is -0.326 e. The van der Waals surface area contributed by atoms with E-state index in [0.717, 1.165) is 5.69 Å². The molecule has 0 saturated carbocycles.